The maximum absolute atomic E-state index is 12.0. The summed E-state index contributed by atoms with van der Waals surface area (Å²) in [7, 11) is 0. The summed E-state index contributed by atoms with van der Waals surface area (Å²) in [5, 5.41) is 15.5. The van der Waals surface area contributed by atoms with Gasteiger partial charge in [0, 0.05) is 18.2 Å². The number of nitrogens with one attached hydrogen (secondary N) is 2. The molecule has 2 aromatic carbocycles. The first-order valence-electron chi connectivity index (χ1n) is 7.88. The second-order valence-electron chi connectivity index (χ2n) is 5.87. The first-order chi connectivity index (χ1) is 11.5. The summed E-state index contributed by atoms with van der Waals surface area (Å²) >= 11 is 0. The van der Waals surface area contributed by atoms with Crippen molar-refractivity contribution in [2.45, 2.75) is 26.5 Å². The molecule has 1 unspecified atom stereocenters. The van der Waals surface area contributed by atoms with Gasteiger partial charge in [0.15, 0.2) is 6.10 Å². The molecule has 0 aromatic heterocycles. The van der Waals surface area contributed by atoms with Crippen molar-refractivity contribution in [2.24, 2.45) is 5.92 Å². The number of anilines is 1. The Kier molecular flexibility index (Phi) is 6.09. The third-order valence-corrected chi connectivity index (χ3v) is 3.58. The Morgan fingerprint density at radius 2 is 1.58 bits per heavy atom. The van der Waals surface area contributed by atoms with Crippen LogP contribution in [0.25, 0.3) is 0 Å². The fourth-order valence-corrected chi connectivity index (χ4v) is 2.07. The van der Waals surface area contributed by atoms with Crippen LogP contribution in [0.1, 0.15) is 31.1 Å². The summed E-state index contributed by atoms with van der Waals surface area (Å²) in [5.74, 6) is -0.566. The number of amides is 2. The largest absolute Gasteiger partial charge is 0.378 e. The molecule has 0 bridgehead atoms. The lowest BCUT2D eigenvalue weighted by Crippen LogP contribution is -2.28. The summed E-state index contributed by atoms with van der Waals surface area (Å²) in [5.41, 5.74) is 2.15. The molecule has 3 N–H and O–H groups in total. The molecule has 5 nitrogen and oxygen atoms in total. The van der Waals surface area contributed by atoms with E-state index in [0.717, 1.165) is 5.56 Å². The van der Waals surface area contributed by atoms with E-state index in [4.69, 9.17) is 0 Å². The molecule has 0 saturated carbocycles. The van der Waals surface area contributed by atoms with Gasteiger partial charge < -0.3 is 15.7 Å². The average molecular weight is 326 g/mol. The second-order valence-corrected chi connectivity index (χ2v) is 5.87. The van der Waals surface area contributed by atoms with Gasteiger partial charge in [-0.1, -0.05) is 56.3 Å². The second kappa shape index (κ2) is 8.26. The Hall–Kier alpha value is -2.66. The SMILES string of the molecule is CC(C)C(=O)Nc1ccc(CNC(=O)C(O)c2ccccc2)cc1. The minimum absolute atomic E-state index is 0.0398. The molecule has 0 aliphatic carbocycles. The maximum atomic E-state index is 12.0. The predicted octanol–water partition coefficient (Wildman–Crippen LogP) is 2.63. The van der Waals surface area contributed by atoms with Crippen LogP contribution in [-0.2, 0) is 16.1 Å². The van der Waals surface area contributed by atoms with Crippen molar-refractivity contribution in [1.29, 1.82) is 0 Å². The van der Waals surface area contributed by atoms with Gasteiger partial charge in [-0.25, -0.2) is 0 Å². The van der Waals surface area contributed by atoms with E-state index in [0.29, 0.717) is 17.8 Å². The molecule has 0 aliphatic rings. The highest BCUT2D eigenvalue weighted by atomic mass is 16.3. The molecular formula is C19H22N2O3. The number of benzene rings is 2. The Morgan fingerprint density at radius 3 is 2.17 bits per heavy atom. The lowest BCUT2D eigenvalue weighted by atomic mass is 10.1. The van der Waals surface area contributed by atoms with Gasteiger partial charge in [-0.3, -0.25) is 9.59 Å². The van der Waals surface area contributed by atoms with Crippen LogP contribution < -0.4 is 10.6 Å². The van der Waals surface area contributed by atoms with Gasteiger partial charge in [-0.05, 0) is 23.3 Å². The zero-order valence-electron chi connectivity index (χ0n) is 13.8. The number of hydrogen-bond donors (Lipinski definition) is 3. The average Bonchev–Trinajstić information content (AvgIpc) is 2.60. The van der Waals surface area contributed by atoms with Gasteiger partial charge in [-0.2, -0.15) is 0 Å². The van der Waals surface area contributed by atoms with Crippen LogP contribution in [0.3, 0.4) is 0 Å². The van der Waals surface area contributed by atoms with E-state index in [1.165, 1.54) is 0 Å². The van der Waals surface area contributed by atoms with Crippen LogP contribution in [-0.4, -0.2) is 16.9 Å². The van der Waals surface area contributed by atoms with E-state index in [1.54, 1.807) is 36.4 Å². The number of carbonyl (C=O) groups is 2. The Morgan fingerprint density at radius 1 is 0.958 bits per heavy atom. The minimum atomic E-state index is -1.18. The van der Waals surface area contributed by atoms with Crippen LogP contribution in [0.4, 0.5) is 5.69 Å². The highest BCUT2D eigenvalue weighted by Gasteiger charge is 2.16. The molecule has 126 valence electrons. The van der Waals surface area contributed by atoms with Crippen LogP contribution in [0.2, 0.25) is 0 Å². The van der Waals surface area contributed by atoms with Crippen LogP contribution in [0.15, 0.2) is 54.6 Å². The molecule has 0 heterocycles. The zero-order chi connectivity index (χ0) is 17.5. The lowest BCUT2D eigenvalue weighted by Gasteiger charge is -2.12. The molecule has 0 saturated heterocycles. The van der Waals surface area contributed by atoms with Crippen molar-refractivity contribution in [1.82, 2.24) is 5.32 Å². The van der Waals surface area contributed by atoms with Gasteiger partial charge in [0.05, 0.1) is 0 Å². The van der Waals surface area contributed by atoms with Crippen molar-refractivity contribution < 1.29 is 14.7 Å². The van der Waals surface area contributed by atoms with Gasteiger partial charge in [0.1, 0.15) is 0 Å². The molecule has 0 spiro atoms. The number of aliphatic hydroxyl groups excluding tert-OH is 1. The van der Waals surface area contributed by atoms with Crippen molar-refractivity contribution in [3.8, 4) is 0 Å². The van der Waals surface area contributed by atoms with Gasteiger partial charge in [-0.15, -0.1) is 0 Å². The highest BCUT2D eigenvalue weighted by Crippen LogP contribution is 2.13. The summed E-state index contributed by atoms with van der Waals surface area (Å²) in [4.78, 5) is 23.6. The normalized spacial score (nSPS) is 11.8. The van der Waals surface area contributed by atoms with Crippen molar-refractivity contribution in [3.05, 3.63) is 65.7 Å². The first kappa shape index (κ1) is 17.7. The van der Waals surface area contributed by atoms with E-state index >= 15 is 0 Å². The van der Waals surface area contributed by atoms with Crippen molar-refractivity contribution in [2.75, 3.05) is 5.32 Å². The van der Waals surface area contributed by atoms with E-state index in [2.05, 4.69) is 10.6 Å². The number of rotatable bonds is 6. The van der Waals surface area contributed by atoms with E-state index < -0.39 is 12.0 Å². The van der Waals surface area contributed by atoms with Crippen molar-refractivity contribution in [3.63, 3.8) is 0 Å². The minimum Gasteiger partial charge on any atom is -0.378 e. The molecule has 0 aliphatic heterocycles. The predicted molar refractivity (Wildman–Crippen MR) is 93.2 cm³/mol. The summed E-state index contributed by atoms with van der Waals surface area (Å²) < 4.78 is 0. The van der Waals surface area contributed by atoms with Crippen molar-refractivity contribution >= 4 is 17.5 Å². The van der Waals surface area contributed by atoms with E-state index in [9.17, 15) is 14.7 Å². The molecule has 2 rings (SSSR count). The first-order valence-corrected chi connectivity index (χ1v) is 7.88. The molecule has 2 amide bonds. The third-order valence-electron chi connectivity index (χ3n) is 3.58. The monoisotopic (exact) mass is 326 g/mol. The fourth-order valence-electron chi connectivity index (χ4n) is 2.07. The molecule has 0 fully saturated rings. The summed E-state index contributed by atoms with van der Waals surface area (Å²) in [6.07, 6.45) is -1.18. The summed E-state index contributed by atoms with van der Waals surface area (Å²) in [6, 6.07) is 16.0. The van der Waals surface area contributed by atoms with Gasteiger partial charge in [0.2, 0.25) is 5.91 Å². The third kappa shape index (κ3) is 4.93. The zero-order valence-corrected chi connectivity index (χ0v) is 13.8. The molecule has 2 aromatic rings. The number of aliphatic hydroxyl groups is 1. The topological polar surface area (TPSA) is 78.4 Å². The van der Waals surface area contributed by atoms with E-state index in [-0.39, 0.29) is 11.8 Å². The van der Waals surface area contributed by atoms with Crippen LogP contribution in [0.5, 0.6) is 0 Å². The quantitative estimate of drug-likeness (QED) is 0.763. The van der Waals surface area contributed by atoms with Gasteiger partial charge in [0.25, 0.3) is 5.91 Å². The standard InChI is InChI=1S/C19H22N2O3/c1-13(2)18(23)21-16-10-8-14(9-11-16)12-20-19(24)17(22)15-6-4-3-5-7-15/h3-11,13,17,22H,12H2,1-2H3,(H,20,24)(H,21,23). The highest BCUT2D eigenvalue weighted by molar-refractivity contribution is 5.92. The van der Waals surface area contributed by atoms with E-state index in [1.807, 2.05) is 32.0 Å². The Labute approximate surface area is 141 Å². The van der Waals surface area contributed by atoms with Crippen LogP contribution in [0, 0.1) is 5.92 Å². The van der Waals surface area contributed by atoms with Crippen LogP contribution >= 0.6 is 0 Å². The van der Waals surface area contributed by atoms with Gasteiger partial charge >= 0.3 is 0 Å². The number of carbonyl (C=O) groups excluding carboxylic acids is 2. The lowest BCUT2D eigenvalue weighted by molar-refractivity contribution is -0.129. The molecule has 0 radical (unpaired) electrons. The Balaban J connectivity index is 1.88. The molecular weight excluding hydrogens is 304 g/mol. The molecule has 24 heavy (non-hydrogen) atoms. The molecule has 5 heteroatoms. The Bertz CT molecular complexity index is 682. The molecule has 1 atom stereocenters. The maximum Gasteiger partial charge on any atom is 0.253 e. The number of hydrogen-bond acceptors (Lipinski definition) is 3. The smallest absolute Gasteiger partial charge is 0.253 e. The summed E-state index contributed by atoms with van der Waals surface area (Å²) in [6.45, 7) is 3.97. The fraction of sp³-hybridized carbons (Fsp3) is 0.263.